The first-order chi connectivity index (χ1) is 5.90. The molecule has 2 heterocycles. The number of aliphatic hydroxyl groups is 1. The molecule has 0 aromatic carbocycles. The second-order valence-electron chi connectivity index (χ2n) is 3.42. The lowest BCUT2D eigenvalue weighted by atomic mass is 10.0. The van der Waals surface area contributed by atoms with E-state index >= 15 is 0 Å². The first-order valence-electron chi connectivity index (χ1n) is 4.54. The number of nitrogens with zero attached hydrogens (tertiary/aromatic N) is 2. The van der Waals surface area contributed by atoms with E-state index in [9.17, 15) is 0 Å². The van der Waals surface area contributed by atoms with Gasteiger partial charge in [0.25, 0.3) is 0 Å². The van der Waals surface area contributed by atoms with E-state index in [-0.39, 0.29) is 6.61 Å². The van der Waals surface area contributed by atoms with Crippen molar-refractivity contribution in [2.75, 3.05) is 32.8 Å². The molecule has 1 saturated heterocycles. The van der Waals surface area contributed by atoms with Crippen molar-refractivity contribution in [1.29, 1.82) is 0 Å². The van der Waals surface area contributed by atoms with Crippen LogP contribution in [0.2, 0.25) is 0 Å². The van der Waals surface area contributed by atoms with Gasteiger partial charge in [-0.1, -0.05) is 0 Å². The summed E-state index contributed by atoms with van der Waals surface area (Å²) < 4.78 is 0. The quantitative estimate of drug-likeness (QED) is 0.572. The number of rotatable bonds is 2. The standard InChI is InChI=1S/C8H15N3O/c12-4-1-7-5-10-8-9-2-3-11(8)6-7/h7,12H,1-6H2,(H,9,10). The van der Waals surface area contributed by atoms with E-state index in [0.717, 1.165) is 38.6 Å². The monoisotopic (exact) mass is 169 g/mol. The van der Waals surface area contributed by atoms with Gasteiger partial charge in [-0.25, -0.2) is 0 Å². The summed E-state index contributed by atoms with van der Waals surface area (Å²) >= 11 is 0. The van der Waals surface area contributed by atoms with Crippen LogP contribution in [0.3, 0.4) is 0 Å². The first kappa shape index (κ1) is 7.86. The molecule has 0 amide bonds. The Morgan fingerprint density at radius 1 is 1.67 bits per heavy atom. The number of hydrogen-bond acceptors (Lipinski definition) is 4. The maximum absolute atomic E-state index is 8.78. The van der Waals surface area contributed by atoms with Crippen molar-refractivity contribution >= 4 is 5.96 Å². The molecule has 0 radical (unpaired) electrons. The van der Waals surface area contributed by atoms with Crippen LogP contribution in [0.4, 0.5) is 0 Å². The van der Waals surface area contributed by atoms with Crippen molar-refractivity contribution in [3.05, 3.63) is 0 Å². The fraction of sp³-hybridized carbons (Fsp3) is 0.875. The topological polar surface area (TPSA) is 47.9 Å². The van der Waals surface area contributed by atoms with Crippen molar-refractivity contribution in [3.8, 4) is 0 Å². The van der Waals surface area contributed by atoms with Crippen molar-refractivity contribution in [2.24, 2.45) is 10.9 Å². The highest BCUT2D eigenvalue weighted by atomic mass is 16.3. The Kier molecular flexibility index (Phi) is 2.17. The number of aliphatic hydroxyl groups excluding tert-OH is 1. The number of aliphatic imine (C=N–C) groups is 1. The summed E-state index contributed by atoms with van der Waals surface area (Å²) in [4.78, 5) is 6.68. The molecular formula is C8H15N3O. The van der Waals surface area contributed by atoms with Gasteiger partial charge in [-0.2, -0.15) is 0 Å². The van der Waals surface area contributed by atoms with Crippen LogP contribution in [0, 0.1) is 5.92 Å². The second kappa shape index (κ2) is 3.31. The molecule has 12 heavy (non-hydrogen) atoms. The average molecular weight is 169 g/mol. The Balaban J connectivity index is 1.94. The normalized spacial score (nSPS) is 27.9. The van der Waals surface area contributed by atoms with Gasteiger partial charge in [-0.05, 0) is 12.3 Å². The first-order valence-corrected chi connectivity index (χ1v) is 4.54. The number of nitrogens with one attached hydrogen (secondary N) is 1. The molecule has 1 fully saturated rings. The molecule has 0 aromatic heterocycles. The third kappa shape index (κ3) is 1.39. The van der Waals surface area contributed by atoms with Gasteiger partial charge >= 0.3 is 0 Å². The highest BCUT2D eigenvalue weighted by Gasteiger charge is 2.25. The van der Waals surface area contributed by atoms with Crippen LogP contribution in [0.25, 0.3) is 0 Å². The molecule has 1 unspecified atom stereocenters. The summed E-state index contributed by atoms with van der Waals surface area (Å²) in [5.74, 6) is 1.61. The van der Waals surface area contributed by atoms with Gasteiger partial charge in [0.2, 0.25) is 0 Å². The zero-order chi connectivity index (χ0) is 8.39. The van der Waals surface area contributed by atoms with Crippen LogP contribution >= 0.6 is 0 Å². The minimum atomic E-state index is 0.288. The highest BCUT2D eigenvalue weighted by Crippen LogP contribution is 2.13. The smallest absolute Gasteiger partial charge is 0.194 e. The van der Waals surface area contributed by atoms with E-state index in [0.29, 0.717) is 5.92 Å². The van der Waals surface area contributed by atoms with E-state index < -0.39 is 0 Å². The van der Waals surface area contributed by atoms with Gasteiger partial charge in [-0.15, -0.1) is 0 Å². The van der Waals surface area contributed by atoms with Crippen molar-refractivity contribution in [1.82, 2.24) is 10.2 Å². The van der Waals surface area contributed by atoms with Gasteiger partial charge in [0.05, 0.1) is 0 Å². The van der Waals surface area contributed by atoms with Crippen molar-refractivity contribution in [3.63, 3.8) is 0 Å². The minimum Gasteiger partial charge on any atom is -0.396 e. The van der Waals surface area contributed by atoms with Crippen LogP contribution in [-0.4, -0.2) is 48.8 Å². The van der Waals surface area contributed by atoms with Crippen LogP contribution in [0.15, 0.2) is 4.99 Å². The maximum atomic E-state index is 8.78. The minimum absolute atomic E-state index is 0.288. The third-order valence-corrected chi connectivity index (χ3v) is 2.48. The molecule has 0 saturated carbocycles. The zero-order valence-corrected chi connectivity index (χ0v) is 7.16. The predicted octanol–water partition coefficient (Wildman–Crippen LogP) is -0.740. The Bertz CT molecular complexity index is 193. The maximum Gasteiger partial charge on any atom is 0.194 e. The third-order valence-electron chi connectivity index (χ3n) is 2.48. The molecule has 68 valence electrons. The summed E-state index contributed by atoms with van der Waals surface area (Å²) in [6.45, 7) is 4.31. The molecule has 2 aliphatic rings. The van der Waals surface area contributed by atoms with Crippen LogP contribution in [0.1, 0.15) is 6.42 Å². The highest BCUT2D eigenvalue weighted by molar-refractivity contribution is 5.82. The molecule has 2 rings (SSSR count). The summed E-state index contributed by atoms with van der Waals surface area (Å²) in [6.07, 6.45) is 0.882. The van der Waals surface area contributed by atoms with E-state index in [1.165, 1.54) is 0 Å². The van der Waals surface area contributed by atoms with Gasteiger partial charge in [0, 0.05) is 32.8 Å². The lowest BCUT2D eigenvalue weighted by Crippen LogP contribution is -2.39. The zero-order valence-electron chi connectivity index (χ0n) is 7.16. The number of hydrogen-bond donors (Lipinski definition) is 2. The molecule has 4 heteroatoms. The van der Waals surface area contributed by atoms with Gasteiger partial charge in [-0.3, -0.25) is 4.99 Å². The largest absolute Gasteiger partial charge is 0.396 e. The predicted molar refractivity (Wildman–Crippen MR) is 47.1 cm³/mol. The Morgan fingerprint density at radius 3 is 3.42 bits per heavy atom. The molecule has 0 bridgehead atoms. The molecule has 2 N–H and O–H groups in total. The van der Waals surface area contributed by atoms with Crippen molar-refractivity contribution < 1.29 is 5.11 Å². The number of guanidine groups is 1. The molecule has 2 aliphatic heterocycles. The fourth-order valence-electron chi connectivity index (χ4n) is 1.80. The average Bonchev–Trinajstić information content (AvgIpc) is 2.51. The lowest BCUT2D eigenvalue weighted by Gasteiger charge is -2.27. The summed E-state index contributed by atoms with van der Waals surface area (Å²) in [7, 11) is 0. The van der Waals surface area contributed by atoms with Crippen LogP contribution in [0.5, 0.6) is 0 Å². The molecule has 1 atom stereocenters. The molecule has 0 aliphatic carbocycles. The van der Waals surface area contributed by atoms with E-state index in [4.69, 9.17) is 5.11 Å². The van der Waals surface area contributed by atoms with E-state index in [2.05, 4.69) is 15.2 Å². The Labute approximate surface area is 72.3 Å². The molecule has 0 spiro atoms. The van der Waals surface area contributed by atoms with E-state index in [1.54, 1.807) is 0 Å². The summed E-state index contributed by atoms with van der Waals surface area (Å²) in [6, 6.07) is 0. The SMILES string of the molecule is OCCC1CN=C2NCCN2C1. The molecule has 4 nitrogen and oxygen atoms in total. The number of fused-ring (bicyclic) bond motifs is 1. The van der Waals surface area contributed by atoms with Gasteiger partial charge < -0.3 is 15.3 Å². The van der Waals surface area contributed by atoms with Gasteiger partial charge in [0.15, 0.2) is 5.96 Å². The molecule has 0 aromatic rings. The fourth-order valence-corrected chi connectivity index (χ4v) is 1.80. The summed E-state index contributed by atoms with van der Waals surface area (Å²) in [5, 5.41) is 12.0. The second-order valence-corrected chi connectivity index (χ2v) is 3.42. The molecular weight excluding hydrogens is 154 g/mol. The van der Waals surface area contributed by atoms with Crippen molar-refractivity contribution in [2.45, 2.75) is 6.42 Å². The van der Waals surface area contributed by atoms with Gasteiger partial charge in [0.1, 0.15) is 0 Å². The lowest BCUT2D eigenvalue weighted by molar-refractivity contribution is 0.235. The Morgan fingerprint density at radius 2 is 2.58 bits per heavy atom. The Hall–Kier alpha value is -0.770. The summed E-state index contributed by atoms with van der Waals surface area (Å²) in [5.41, 5.74) is 0. The van der Waals surface area contributed by atoms with Crippen LogP contribution in [-0.2, 0) is 0 Å². The van der Waals surface area contributed by atoms with E-state index in [1.807, 2.05) is 0 Å². The van der Waals surface area contributed by atoms with Crippen LogP contribution < -0.4 is 5.32 Å².